The molecule has 30 heavy (non-hydrogen) atoms. The first kappa shape index (κ1) is 21.4. The third-order valence-corrected chi connectivity index (χ3v) is 4.58. The largest absolute Gasteiger partial charge is 0.416 e. The van der Waals surface area contributed by atoms with Gasteiger partial charge in [0.25, 0.3) is 11.8 Å². The van der Waals surface area contributed by atoms with Gasteiger partial charge in [0.15, 0.2) is 11.5 Å². The zero-order chi connectivity index (χ0) is 20.8. The Morgan fingerprint density at radius 1 is 1.27 bits per heavy atom. The van der Waals surface area contributed by atoms with Crippen molar-refractivity contribution in [1.82, 2.24) is 19.7 Å². The molecule has 0 unspecified atom stereocenters. The van der Waals surface area contributed by atoms with E-state index in [1.807, 2.05) is 6.92 Å². The number of anilines is 2. The number of alkyl halides is 3. The first-order chi connectivity index (χ1) is 13.8. The smallest absolute Gasteiger partial charge is 0.341 e. The van der Waals surface area contributed by atoms with Gasteiger partial charge in [-0.15, -0.1) is 0 Å². The van der Waals surface area contributed by atoms with Gasteiger partial charge in [0.1, 0.15) is 0 Å². The Kier molecular flexibility index (Phi) is 5.61. The van der Waals surface area contributed by atoms with Crippen LogP contribution < -0.4 is 10.2 Å². The van der Waals surface area contributed by atoms with E-state index in [1.54, 1.807) is 0 Å². The number of aromatic nitrogens is 4. The Morgan fingerprint density at radius 2 is 1.97 bits per heavy atom. The Bertz CT molecular complexity index is 1060. The lowest BCUT2D eigenvalue weighted by Crippen LogP contribution is -2.43. The lowest BCUT2D eigenvalue weighted by Gasteiger charge is -2.32. The van der Waals surface area contributed by atoms with Crippen LogP contribution in [0.25, 0.3) is 0 Å². The lowest BCUT2D eigenvalue weighted by molar-refractivity contribution is -0.137. The summed E-state index contributed by atoms with van der Waals surface area (Å²) in [7, 11) is 0. The Hall–Kier alpha value is -3.28. The van der Waals surface area contributed by atoms with Gasteiger partial charge in [0.05, 0.1) is 23.5 Å². The molecule has 2 amide bonds. The van der Waals surface area contributed by atoms with Crippen molar-refractivity contribution in [1.29, 1.82) is 0 Å². The van der Waals surface area contributed by atoms with Crippen LogP contribution in [0.1, 0.15) is 39.6 Å². The van der Waals surface area contributed by atoms with Gasteiger partial charge in [0, 0.05) is 24.6 Å². The van der Waals surface area contributed by atoms with Crippen LogP contribution in [-0.2, 0) is 6.18 Å². The summed E-state index contributed by atoms with van der Waals surface area (Å²) in [6.07, 6.45) is -0.190. The first-order valence-electron chi connectivity index (χ1n) is 8.63. The highest BCUT2D eigenvalue weighted by Gasteiger charge is 2.35. The molecule has 0 aliphatic carbocycles. The van der Waals surface area contributed by atoms with E-state index in [2.05, 4.69) is 20.4 Å². The molecule has 0 fully saturated rings. The summed E-state index contributed by atoms with van der Waals surface area (Å²) >= 11 is 0. The third-order valence-electron chi connectivity index (χ3n) is 4.58. The van der Waals surface area contributed by atoms with Crippen molar-refractivity contribution in [3.8, 4) is 0 Å². The molecule has 4 rings (SSSR count). The van der Waals surface area contributed by atoms with Crippen molar-refractivity contribution in [2.24, 2.45) is 0 Å². The molecule has 2 aromatic heterocycles. The number of nitrogens with zero attached hydrogens (tertiary/aromatic N) is 4. The van der Waals surface area contributed by atoms with Crippen molar-refractivity contribution in [2.75, 3.05) is 16.8 Å². The minimum atomic E-state index is -4.46. The van der Waals surface area contributed by atoms with Crippen molar-refractivity contribution >= 4 is 36.7 Å². The van der Waals surface area contributed by atoms with Crippen molar-refractivity contribution < 1.29 is 22.8 Å². The monoisotopic (exact) mass is 438 g/mol. The van der Waals surface area contributed by atoms with Crippen LogP contribution in [-0.4, -0.2) is 38.1 Å². The molecular weight excluding hydrogens is 421 g/mol. The number of rotatable bonds is 3. The molecule has 12 heteroatoms. The Labute approximate surface area is 175 Å². The van der Waals surface area contributed by atoms with Crippen LogP contribution in [0.2, 0.25) is 0 Å². The standard InChI is InChI=1S/C18H15F3N6O2.H2S/c1-10-9-26(12-4-2-11(3-5-12)18(19,20)21)17(29)14-13(8-24-27(10)14)25-16(28)15-22-6-7-23-15;/h2-8,10H,9H2,1H3,(H,22,23)(H,25,28);1H2/t10-;/m0./s1. The summed E-state index contributed by atoms with van der Waals surface area (Å²) in [6.45, 7) is 2.04. The second-order valence-electron chi connectivity index (χ2n) is 6.55. The SMILES string of the molecule is C[C@H]1CN(c2ccc(C(F)(F)F)cc2)C(=O)c2c(NC(=O)c3ncc[nH]3)cnn21.S. The maximum Gasteiger partial charge on any atom is 0.416 e. The molecule has 2 N–H and O–H groups in total. The number of aromatic amines is 1. The number of hydrogen-bond acceptors (Lipinski definition) is 4. The average molecular weight is 438 g/mol. The molecule has 0 saturated carbocycles. The fourth-order valence-corrected chi connectivity index (χ4v) is 3.18. The van der Waals surface area contributed by atoms with Crippen molar-refractivity contribution in [3.05, 3.63) is 59.9 Å². The zero-order valence-corrected chi connectivity index (χ0v) is 16.6. The van der Waals surface area contributed by atoms with E-state index in [1.165, 1.54) is 40.3 Å². The average Bonchev–Trinajstić information content (AvgIpc) is 3.34. The summed E-state index contributed by atoms with van der Waals surface area (Å²) in [4.78, 5) is 33.2. The van der Waals surface area contributed by atoms with Crippen LogP contribution in [0.4, 0.5) is 24.5 Å². The number of carbonyl (C=O) groups excluding carboxylic acids is 2. The van der Waals surface area contributed by atoms with Gasteiger partial charge in [0.2, 0.25) is 0 Å². The third kappa shape index (κ3) is 3.77. The van der Waals surface area contributed by atoms with Gasteiger partial charge < -0.3 is 15.2 Å². The lowest BCUT2D eigenvalue weighted by atomic mass is 10.1. The fourth-order valence-electron chi connectivity index (χ4n) is 3.18. The van der Waals surface area contributed by atoms with Crippen LogP contribution in [0.3, 0.4) is 0 Å². The normalized spacial score (nSPS) is 16.1. The molecule has 1 aliphatic heterocycles. The Balaban J connectivity index is 0.00000256. The zero-order valence-electron chi connectivity index (χ0n) is 15.6. The molecule has 1 aromatic carbocycles. The molecule has 1 aliphatic rings. The van der Waals surface area contributed by atoms with Gasteiger partial charge >= 0.3 is 6.18 Å². The van der Waals surface area contributed by atoms with E-state index in [-0.39, 0.29) is 43.3 Å². The van der Waals surface area contributed by atoms with E-state index in [0.717, 1.165) is 12.1 Å². The fraction of sp³-hybridized carbons (Fsp3) is 0.222. The van der Waals surface area contributed by atoms with E-state index in [0.29, 0.717) is 5.69 Å². The molecule has 0 saturated heterocycles. The maximum absolute atomic E-state index is 13.1. The second-order valence-corrected chi connectivity index (χ2v) is 6.55. The number of imidazole rings is 1. The van der Waals surface area contributed by atoms with Crippen LogP contribution in [0, 0.1) is 0 Å². The number of hydrogen-bond donors (Lipinski definition) is 2. The highest BCUT2D eigenvalue weighted by molar-refractivity contribution is 7.59. The summed E-state index contributed by atoms with van der Waals surface area (Å²) in [5.74, 6) is -0.950. The molecule has 8 nitrogen and oxygen atoms in total. The summed E-state index contributed by atoms with van der Waals surface area (Å²) < 4.78 is 39.9. The highest BCUT2D eigenvalue weighted by atomic mass is 32.1. The second kappa shape index (κ2) is 7.86. The van der Waals surface area contributed by atoms with Gasteiger partial charge in [-0.05, 0) is 31.2 Å². The summed E-state index contributed by atoms with van der Waals surface area (Å²) in [5, 5.41) is 6.76. The molecule has 0 spiro atoms. The number of nitrogens with one attached hydrogen (secondary N) is 2. The van der Waals surface area contributed by atoms with E-state index >= 15 is 0 Å². The highest BCUT2D eigenvalue weighted by Crippen LogP contribution is 2.33. The van der Waals surface area contributed by atoms with Gasteiger partial charge in [-0.2, -0.15) is 31.8 Å². The first-order valence-corrected chi connectivity index (χ1v) is 8.63. The summed E-state index contributed by atoms with van der Waals surface area (Å²) in [6, 6.07) is 4.11. The molecule has 3 aromatic rings. The minimum Gasteiger partial charge on any atom is -0.341 e. The maximum atomic E-state index is 13.1. The van der Waals surface area contributed by atoms with Crippen LogP contribution >= 0.6 is 13.5 Å². The molecule has 0 bridgehead atoms. The number of amides is 2. The predicted octanol–water partition coefficient (Wildman–Crippen LogP) is 3.21. The molecule has 1 atom stereocenters. The number of fused-ring (bicyclic) bond motifs is 1. The van der Waals surface area contributed by atoms with Crippen LogP contribution in [0.15, 0.2) is 42.9 Å². The predicted molar refractivity (Wildman–Crippen MR) is 107 cm³/mol. The molecule has 0 radical (unpaired) electrons. The number of carbonyl (C=O) groups is 2. The van der Waals surface area contributed by atoms with E-state index in [4.69, 9.17) is 0 Å². The topological polar surface area (TPSA) is 95.9 Å². The molecular formula is C18H17F3N6O2S. The molecule has 3 heterocycles. The molecule has 158 valence electrons. The number of halogens is 3. The van der Waals surface area contributed by atoms with Gasteiger partial charge in [-0.3, -0.25) is 14.3 Å². The van der Waals surface area contributed by atoms with Crippen LogP contribution in [0.5, 0.6) is 0 Å². The van der Waals surface area contributed by atoms with Crippen molar-refractivity contribution in [3.63, 3.8) is 0 Å². The van der Waals surface area contributed by atoms with E-state index in [9.17, 15) is 22.8 Å². The van der Waals surface area contributed by atoms with Gasteiger partial charge in [-0.1, -0.05) is 0 Å². The quantitative estimate of drug-likeness (QED) is 0.656. The van der Waals surface area contributed by atoms with Crippen molar-refractivity contribution in [2.45, 2.75) is 19.1 Å². The van der Waals surface area contributed by atoms with E-state index < -0.39 is 23.6 Å². The van der Waals surface area contributed by atoms with Gasteiger partial charge in [-0.25, -0.2) is 4.98 Å². The Morgan fingerprint density at radius 3 is 2.57 bits per heavy atom. The summed E-state index contributed by atoms with van der Waals surface area (Å²) in [5.41, 5.74) is -0.135. The minimum absolute atomic E-state index is 0. The number of benzene rings is 1. The number of H-pyrrole nitrogens is 1.